The Labute approximate surface area is 126 Å². The highest BCUT2D eigenvalue weighted by atomic mass is 16.3. The lowest BCUT2D eigenvalue weighted by molar-refractivity contribution is 0.276. The fourth-order valence-corrected chi connectivity index (χ4v) is 2.03. The van der Waals surface area contributed by atoms with Gasteiger partial charge in [0.1, 0.15) is 11.5 Å². The lowest BCUT2D eigenvalue weighted by Crippen LogP contribution is -2.23. The number of likely N-dealkylation sites (N-methyl/N-ethyl adjacent to an activating group) is 1. The van der Waals surface area contributed by atoms with Gasteiger partial charge in [0.05, 0.1) is 18.8 Å². The van der Waals surface area contributed by atoms with E-state index in [1.165, 1.54) is 0 Å². The topological polar surface area (TPSA) is 59.1 Å². The summed E-state index contributed by atoms with van der Waals surface area (Å²) in [4.78, 5) is 2.21. The zero-order valence-electron chi connectivity index (χ0n) is 13.3. The lowest BCUT2D eigenvalue weighted by Gasteiger charge is -2.14. The number of hydrogen-bond donors (Lipinski definition) is 1. The number of nitrogens with zero attached hydrogens (tertiary/aromatic N) is 4. The van der Waals surface area contributed by atoms with Crippen LogP contribution < -0.4 is 5.32 Å². The van der Waals surface area contributed by atoms with Gasteiger partial charge < -0.3 is 9.73 Å². The molecule has 0 aliphatic carbocycles. The summed E-state index contributed by atoms with van der Waals surface area (Å²) in [5, 5.41) is 11.7. The molecule has 2 aromatic heterocycles. The van der Waals surface area contributed by atoms with E-state index in [1.54, 1.807) is 0 Å². The zero-order chi connectivity index (χ0) is 15.2. The molecule has 0 spiro atoms. The van der Waals surface area contributed by atoms with E-state index in [9.17, 15) is 0 Å². The van der Waals surface area contributed by atoms with Crippen LogP contribution in [0.15, 0.2) is 22.7 Å². The van der Waals surface area contributed by atoms with E-state index < -0.39 is 0 Å². The number of rotatable bonds is 8. The van der Waals surface area contributed by atoms with Gasteiger partial charge in [-0.3, -0.25) is 9.58 Å². The normalized spacial score (nSPS) is 11.7. The van der Waals surface area contributed by atoms with Crippen LogP contribution in [-0.2, 0) is 19.6 Å². The standard InChI is InChI=1S/C15H25N5O/c1-12(2)16-9-14-10-20(18-17-14)8-7-19(4)11-15-6-5-13(3)21-15/h5-6,10,12,16H,7-9,11H2,1-4H3. The van der Waals surface area contributed by atoms with Gasteiger partial charge >= 0.3 is 0 Å². The van der Waals surface area contributed by atoms with E-state index in [1.807, 2.05) is 29.9 Å². The van der Waals surface area contributed by atoms with E-state index in [0.29, 0.717) is 6.04 Å². The van der Waals surface area contributed by atoms with Gasteiger partial charge in [-0.1, -0.05) is 19.1 Å². The average molecular weight is 291 g/mol. The third kappa shape index (κ3) is 5.32. The maximum absolute atomic E-state index is 5.58. The fraction of sp³-hybridized carbons (Fsp3) is 0.600. The molecule has 2 heterocycles. The van der Waals surface area contributed by atoms with Gasteiger partial charge in [-0.2, -0.15) is 0 Å². The van der Waals surface area contributed by atoms with Gasteiger partial charge in [0, 0.05) is 25.3 Å². The molecule has 0 aliphatic rings. The van der Waals surface area contributed by atoms with Crippen LogP contribution in [0.1, 0.15) is 31.1 Å². The summed E-state index contributed by atoms with van der Waals surface area (Å²) in [6.45, 7) is 9.51. The second-order valence-corrected chi connectivity index (χ2v) is 5.76. The first-order valence-corrected chi connectivity index (χ1v) is 7.39. The second-order valence-electron chi connectivity index (χ2n) is 5.76. The summed E-state index contributed by atoms with van der Waals surface area (Å²) < 4.78 is 7.47. The predicted molar refractivity (Wildman–Crippen MR) is 81.8 cm³/mol. The van der Waals surface area contributed by atoms with Crippen molar-refractivity contribution < 1.29 is 4.42 Å². The van der Waals surface area contributed by atoms with Gasteiger partial charge in [0.2, 0.25) is 0 Å². The molecule has 0 aliphatic heterocycles. The largest absolute Gasteiger partial charge is 0.465 e. The molecule has 0 saturated heterocycles. The van der Waals surface area contributed by atoms with Crippen molar-refractivity contribution >= 4 is 0 Å². The molecule has 0 radical (unpaired) electrons. The summed E-state index contributed by atoms with van der Waals surface area (Å²) in [5.74, 6) is 1.95. The molecule has 6 nitrogen and oxygen atoms in total. The van der Waals surface area contributed by atoms with Crippen molar-refractivity contribution in [2.75, 3.05) is 13.6 Å². The Balaban J connectivity index is 1.74. The molecule has 116 valence electrons. The predicted octanol–water partition coefficient (Wildman–Crippen LogP) is 1.81. The molecular formula is C15H25N5O. The van der Waals surface area contributed by atoms with Crippen molar-refractivity contribution in [3.05, 3.63) is 35.5 Å². The second kappa shape index (κ2) is 7.38. The molecule has 0 atom stereocenters. The Hall–Kier alpha value is -1.66. The van der Waals surface area contributed by atoms with E-state index in [-0.39, 0.29) is 0 Å². The van der Waals surface area contributed by atoms with Crippen LogP contribution in [0.2, 0.25) is 0 Å². The van der Waals surface area contributed by atoms with Crippen molar-refractivity contribution in [3.8, 4) is 0 Å². The summed E-state index contributed by atoms with van der Waals surface area (Å²) in [6, 6.07) is 4.48. The van der Waals surface area contributed by atoms with Gasteiger partial charge in [-0.15, -0.1) is 5.10 Å². The maximum atomic E-state index is 5.58. The molecule has 0 fully saturated rings. The minimum atomic E-state index is 0.457. The third-order valence-corrected chi connectivity index (χ3v) is 3.21. The Morgan fingerprint density at radius 1 is 1.38 bits per heavy atom. The molecule has 0 bridgehead atoms. The molecule has 0 unspecified atom stereocenters. The van der Waals surface area contributed by atoms with E-state index in [0.717, 1.165) is 43.4 Å². The number of nitrogens with one attached hydrogen (secondary N) is 1. The molecule has 21 heavy (non-hydrogen) atoms. The van der Waals surface area contributed by atoms with Crippen LogP contribution in [0.5, 0.6) is 0 Å². The lowest BCUT2D eigenvalue weighted by atomic mass is 10.3. The SMILES string of the molecule is Cc1ccc(CN(C)CCn2cc(CNC(C)C)nn2)o1. The minimum Gasteiger partial charge on any atom is -0.465 e. The molecule has 6 heteroatoms. The van der Waals surface area contributed by atoms with Gasteiger partial charge in [0.25, 0.3) is 0 Å². The highest BCUT2D eigenvalue weighted by Crippen LogP contribution is 2.08. The summed E-state index contributed by atoms with van der Waals surface area (Å²) in [7, 11) is 2.08. The zero-order valence-corrected chi connectivity index (χ0v) is 13.3. The van der Waals surface area contributed by atoms with Crippen molar-refractivity contribution in [2.24, 2.45) is 0 Å². The third-order valence-electron chi connectivity index (χ3n) is 3.21. The fourth-order valence-electron chi connectivity index (χ4n) is 2.03. The van der Waals surface area contributed by atoms with Crippen molar-refractivity contribution in [2.45, 2.75) is 46.4 Å². The molecule has 1 N–H and O–H groups in total. The Morgan fingerprint density at radius 3 is 2.86 bits per heavy atom. The van der Waals surface area contributed by atoms with Crippen molar-refractivity contribution in [1.29, 1.82) is 0 Å². The quantitative estimate of drug-likeness (QED) is 0.804. The number of hydrogen-bond acceptors (Lipinski definition) is 5. The van der Waals surface area contributed by atoms with Crippen LogP contribution in [0, 0.1) is 6.92 Å². The highest BCUT2D eigenvalue weighted by Gasteiger charge is 2.06. The smallest absolute Gasteiger partial charge is 0.118 e. The first-order chi connectivity index (χ1) is 10.0. The highest BCUT2D eigenvalue weighted by molar-refractivity contribution is 5.05. The van der Waals surface area contributed by atoms with Crippen molar-refractivity contribution in [3.63, 3.8) is 0 Å². The Kier molecular flexibility index (Phi) is 5.52. The molecule has 2 rings (SSSR count). The average Bonchev–Trinajstić information content (AvgIpc) is 3.03. The molecule has 0 saturated carbocycles. The molecule has 0 aromatic carbocycles. The summed E-state index contributed by atoms with van der Waals surface area (Å²) >= 11 is 0. The van der Waals surface area contributed by atoms with Crippen LogP contribution in [0.3, 0.4) is 0 Å². The Morgan fingerprint density at radius 2 is 2.19 bits per heavy atom. The molecular weight excluding hydrogens is 266 g/mol. The molecule has 2 aromatic rings. The van der Waals surface area contributed by atoms with Gasteiger partial charge in [-0.05, 0) is 26.1 Å². The number of aryl methyl sites for hydroxylation is 1. The Bertz CT molecular complexity index is 546. The number of aromatic nitrogens is 3. The monoisotopic (exact) mass is 291 g/mol. The van der Waals surface area contributed by atoms with Crippen LogP contribution >= 0.6 is 0 Å². The first kappa shape index (κ1) is 15.7. The van der Waals surface area contributed by atoms with Crippen LogP contribution in [0.25, 0.3) is 0 Å². The minimum absolute atomic E-state index is 0.457. The van der Waals surface area contributed by atoms with E-state index >= 15 is 0 Å². The van der Waals surface area contributed by atoms with E-state index in [4.69, 9.17) is 4.42 Å². The van der Waals surface area contributed by atoms with E-state index in [2.05, 4.69) is 41.4 Å². The van der Waals surface area contributed by atoms with Crippen LogP contribution in [-0.4, -0.2) is 39.5 Å². The van der Waals surface area contributed by atoms with Crippen LogP contribution in [0.4, 0.5) is 0 Å². The summed E-state index contributed by atoms with van der Waals surface area (Å²) in [6.07, 6.45) is 2.00. The van der Waals surface area contributed by atoms with Gasteiger partial charge in [0.15, 0.2) is 0 Å². The first-order valence-electron chi connectivity index (χ1n) is 7.39. The van der Waals surface area contributed by atoms with Gasteiger partial charge in [-0.25, -0.2) is 0 Å². The maximum Gasteiger partial charge on any atom is 0.118 e. The molecule has 0 amide bonds. The van der Waals surface area contributed by atoms with Crippen molar-refractivity contribution in [1.82, 2.24) is 25.2 Å². The number of furan rings is 1. The summed E-state index contributed by atoms with van der Waals surface area (Å²) in [5.41, 5.74) is 0.980.